The number of rotatable bonds is 2. The van der Waals surface area contributed by atoms with E-state index in [1.165, 1.54) is 30.8 Å². The standard InChI is InChI=1S/C12H24S2/c1-3-13-10-11-14(4-2)12(13)8-6-5-7-9-12/h3-11H2,1-2H3/q+2. The van der Waals surface area contributed by atoms with E-state index in [0.717, 1.165) is 25.9 Å². The molecule has 2 atom stereocenters. The molecule has 82 valence electrons. The van der Waals surface area contributed by atoms with Gasteiger partial charge in [-0.15, -0.1) is 0 Å². The van der Waals surface area contributed by atoms with Gasteiger partial charge in [0.25, 0.3) is 4.08 Å². The minimum absolute atomic E-state index is 0.803. The summed E-state index contributed by atoms with van der Waals surface area (Å²) in [5.41, 5.74) is 0. The highest BCUT2D eigenvalue weighted by Gasteiger charge is 2.64. The largest absolute Gasteiger partial charge is 0.275 e. The average Bonchev–Trinajstić information content (AvgIpc) is 2.57. The van der Waals surface area contributed by atoms with Crippen molar-refractivity contribution in [3.63, 3.8) is 0 Å². The summed E-state index contributed by atoms with van der Waals surface area (Å²) < 4.78 is 0.863. The van der Waals surface area contributed by atoms with Crippen molar-refractivity contribution in [1.29, 1.82) is 0 Å². The zero-order valence-electron chi connectivity index (χ0n) is 9.68. The Morgan fingerprint density at radius 3 is 1.79 bits per heavy atom. The molecule has 1 heterocycles. The average molecular weight is 232 g/mol. The lowest BCUT2D eigenvalue weighted by Crippen LogP contribution is -2.44. The second-order valence-electron chi connectivity index (χ2n) is 4.44. The molecule has 0 nitrogen and oxygen atoms in total. The Labute approximate surface area is 94.9 Å². The van der Waals surface area contributed by atoms with Crippen molar-refractivity contribution in [2.75, 3.05) is 23.0 Å². The summed E-state index contributed by atoms with van der Waals surface area (Å²) in [6.45, 7) is 4.87. The predicted octanol–water partition coefficient (Wildman–Crippen LogP) is 2.94. The van der Waals surface area contributed by atoms with Crippen molar-refractivity contribution in [3.05, 3.63) is 0 Å². The Morgan fingerprint density at radius 1 is 0.857 bits per heavy atom. The van der Waals surface area contributed by atoms with E-state index in [1.807, 2.05) is 0 Å². The van der Waals surface area contributed by atoms with Crippen LogP contribution in [-0.4, -0.2) is 27.1 Å². The topological polar surface area (TPSA) is 0 Å². The Bertz CT molecular complexity index is 171. The molecule has 0 aromatic rings. The van der Waals surface area contributed by atoms with Crippen molar-refractivity contribution in [3.8, 4) is 0 Å². The van der Waals surface area contributed by atoms with Crippen molar-refractivity contribution < 1.29 is 0 Å². The smallest absolute Gasteiger partial charge is 0.0525 e. The van der Waals surface area contributed by atoms with E-state index < -0.39 is 0 Å². The van der Waals surface area contributed by atoms with E-state index in [4.69, 9.17) is 0 Å². The van der Waals surface area contributed by atoms with Crippen molar-refractivity contribution in [2.45, 2.75) is 50.0 Å². The predicted molar refractivity (Wildman–Crippen MR) is 71.4 cm³/mol. The maximum Gasteiger partial charge on any atom is 0.275 e. The van der Waals surface area contributed by atoms with Crippen LogP contribution >= 0.6 is 0 Å². The first-order valence-corrected chi connectivity index (χ1v) is 9.31. The zero-order chi connectivity index (χ0) is 10.0. The van der Waals surface area contributed by atoms with Crippen LogP contribution in [-0.2, 0) is 21.8 Å². The molecule has 1 saturated heterocycles. The molecule has 1 saturated carbocycles. The third-order valence-corrected chi connectivity index (χ3v) is 11.3. The molecule has 0 radical (unpaired) electrons. The quantitative estimate of drug-likeness (QED) is 0.642. The molecule has 14 heavy (non-hydrogen) atoms. The summed E-state index contributed by atoms with van der Waals surface area (Å²) in [6, 6.07) is 0. The molecule has 0 N–H and O–H groups in total. The van der Waals surface area contributed by atoms with Gasteiger partial charge < -0.3 is 0 Å². The van der Waals surface area contributed by atoms with Crippen LogP contribution in [0.4, 0.5) is 0 Å². The Morgan fingerprint density at radius 2 is 1.36 bits per heavy atom. The summed E-state index contributed by atoms with van der Waals surface area (Å²) in [6.07, 6.45) is 7.76. The maximum atomic E-state index is 2.43. The molecule has 0 amide bonds. The fourth-order valence-electron chi connectivity index (χ4n) is 3.22. The fraction of sp³-hybridized carbons (Fsp3) is 1.00. The van der Waals surface area contributed by atoms with Gasteiger partial charge in [-0.1, -0.05) is 6.42 Å². The van der Waals surface area contributed by atoms with Crippen LogP contribution in [0.1, 0.15) is 46.0 Å². The summed E-state index contributed by atoms with van der Waals surface area (Å²) in [7, 11) is 1.61. The summed E-state index contributed by atoms with van der Waals surface area (Å²) in [5.74, 6) is 6.11. The van der Waals surface area contributed by atoms with Gasteiger partial charge >= 0.3 is 0 Å². The molecule has 0 aromatic heterocycles. The first kappa shape index (κ1) is 11.2. The molecular weight excluding hydrogens is 208 g/mol. The van der Waals surface area contributed by atoms with Crippen LogP contribution in [0.25, 0.3) is 0 Å². The van der Waals surface area contributed by atoms with Crippen molar-refractivity contribution >= 4 is 21.8 Å². The summed E-state index contributed by atoms with van der Waals surface area (Å²) >= 11 is 0. The van der Waals surface area contributed by atoms with Gasteiger partial charge in [0.15, 0.2) is 11.5 Å². The highest BCUT2D eigenvalue weighted by molar-refractivity contribution is 8.18. The van der Waals surface area contributed by atoms with Crippen LogP contribution in [0.5, 0.6) is 0 Å². The second-order valence-corrected chi connectivity index (χ2v) is 10.2. The lowest BCUT2D eigenvalue weighted by molar-refractivity contribution is 0.486. The summed E-state index contributed by atoms with van der Waals surface area (Å²) in [4.78, 5) is 0. The van der Waals surface area contributed by atoms with E-state index in [1.54, 1.807) is 24.3 Å². The first-order valence-electron chi connectivity index (χ1n) is 6.18. The van der Waals surface area contributed by atoms with E-state index in [0.29, 0.717) is 0 Å². The van der Waals surface area contributed by atoms with E-state index in [2.05, 4.69) is 13.8 Å². The Balaban J connectivity index is 2.15. The molecule has 0 aromatic carbocycles. The third-order valence-electron chi connectivity index (χ3n) is 3.94. The fourth-order valence-corrected chi connectivity index (χ4v) is 11.5. The van der Waals surface area contributed by atoms with Gasteiger partial charge in [-0.3, -0.25) is 0 Å². The minimum atomic E-state index is 0.803. The molecule has 1 aliphatic carbocycles. The zero-order valence-corrected chi connectivity index (χ0v) is 11.3. The lowest BCUT2D eigenvalue weighted by atomic mass is 10.00. The van der Waals surface area contributed by atoms with E-state index in [-0.39, 0.29) is 0 Å². The van der Waals surface area contributed by atoms with Crippen LogP contribution in [0, 0.1) is 0 Å². The molecule has 2 fully saturated rings. The van der Waals surface area contributed by atoms with Gasteiger partial charge in [0, 0.05) is 34.6 Å². The Kier molecular flexibility index (Phi) is 3.75. The van der Waals surface area contributed by atoms with Gasteiger partial charge in [-0.05, 0) is 26.7 Å². The number of hydrogen-bond acceptors (Lipinski definition) is 0. The van der Waals surface area contributed by atoms with Crippen LogP contribution in [0.15, 0.2) is 0 Å². The molecule has 1 spiro atoms. The second kappa shape index (κ2) is 4.69. The van der Waals surface area contributed by atoms with Crippen LogP contribution in [0.3, 0.4) is 0 Å². The van der Waals surface area contributed by atoms with E-state index in [9.17, 15) is 0 Å². The maximum absolute atomic E-state index is 2.43. The number of hydrogen-bond donors (Lipinski definition) is 0. The van der Waals surface area contributed by atoms with Gasteiger partial charge in [0.2, 0.25) is 0 Å². The van der Waals surface area contributed by atoms with Gasteiger partial charge in [0.05, 0.1) is 0 Å². The molecule has 2 heteroatoms. The normalized spacial score (nSPS) is 36.4. The molecular formula is C12H24S2+2. The van der Waals surface area contributed by atoms with Gasteiger partial charge in [-0.2, -0.15) is 0 Å². The SMILES string of the molecule is CC[S+]1CC[S+](CC)C12CCCCC2. The van der Waals surface area contributed by atoms with Crippen LogP contribution < -0.4 is 0 Å². The Hall–Kier alpha value is 0.700. The molecule has 2 unspecified atom stereocenters. The molecule has 2 rings (SSSR count). The first-order chi connectivity index (χ1) is 6.83. The van der Waals surface area contributed by atoms with Gasteiger partial charge in [-0.25, -0.2) is 0 Å². The summed E-state index contributed by atoms with van der Waals surface area (Å²) in [5, 5.41) is 0. The van der Waals surface area contributed by atoms with Crippen molar-refractivity contribution in [2.24, 2.45) is 0 Å². The van der Waals surface area contributed by atoms with Crippen molar-refractivity contribution in [1.82, 2.24) is 0 Å². The van der Waals surface area contributed by atoms with Gasteiger partial charge in [0.1, 0.15) is 11.5 Å². The third kappa shape index (κ3) is 1.73. The molecule has 0 bridgehead atoms. The lowest BCUT2D eigenvalue weighted by Gasteiger charge is -2.29. The van der Waals surface area contributed by atoms with Crippen LogP contribution in [0.2, 0.25) is 0 Å². The van der Waals surface area contributed by atoms with E-state index >= 15 is 0 Å². The minimum Gasteiger partial charge on any atom is -0.0525 e. The highest BCUT2D eigenvalue weighted by Crippen LogP contribution is 2.46. The highest BCUT2D eigenvalue weighted by atomic mass is 32.3. The monoisotopic (exact) mass is 232 g/mol. The molecule has 1 aliphatic heterocycles. The molecule has 2 aliphatic rings.